The summed E-state index contributed by atoms with van der Waals surface area (Å²) in [5, 5.41) is 0. The lowest BCUT2D eigenvalue weighted by Gasteiger charge is -1.99. The lowest BCUT2D eigenvalue weighted by Crippen LogP contribution is -2.02. The molecule has 0 aromatic carbocycles. The minimum Gasteiger partial charge on any atom is -0.456 e. The molecule has 0 aliphatic carbocycles. The molecule has 0 spiro atoms. The third kappa shape index (κ3) is 7.86. The maximum atomic E-state index is 10.4. The summed E-state index contributed by atoms with van der Waals surface area (Å²) in [6.45, 7) is 0.463. The Morgan fingerprint density at radius 3 is 2.58 bits per heavy atom. The van der Waals surface area contributed by atoms with Crippen molar-refractivity contribution in [2.45, 2.75) is 25.7 Å². The van der Waals surface area contributed by atoms with Crippen LogP contribution in [0.1, 0.15) is 25.7 Å². The van der Waals surface area contributed by atoms with Gasteiger partial charge in [-0.05, 0) is 17.3 Å². The van der Waals surface area contributed by atoms with E-state index in [2.05, 4.69) is 22.6 Å². The number of rotatable bonds is 6. The van der Waals surface area contributed by atoms with E-state index in [9.17, 15) is 4.79 Å². The van der Waals surface area contributed by atoms with E-state index in [4.69, 9.17) is 11.2 Å². The number of halogens is 1. The van der Waals surface area contributed by atoms with Gasteiger partial charge in [0, 0.05) is 5.92 Å². The number of hydrogen-bond donors (Lipinski definition) is 0. The van der Waals surface area contributed by atoms with Gasteiger partial charge in [-0.25, -0.2) is 4.79 Å². The maximum absolute atomic E-state index is 10.4. The van der Waals surface area contributed by atoms with Crippen LogP contribution in [0.25, 0.3) is 0 Å². The van der Waals surface area contributed by atoms with Crippen molar-refractivity contribution in [1.29, 1.82) is 0 Å². The van der Waals surface area contributed by atoms with Gasteiger partial charge >= 0.3 is 5.97 Å². The first-order valence-electron chi connectivity index (χ1n) is 4.00. The van der Waals surface area contributed by atoms with Crippen LogP contribution in [0.15, 0.2) is 0 Å². The average molecular weight is 280 g/mol. The molecule has 0 aromatic heterocycles. The molecule has 0 unspecified atom stereocenters. The molecule has 3 heteroatoms. The second kappa shape index (κ2) is 8.85. The van der Waals surface area contributed by atoms with Crippen LogP contribution in [-0.4, -0.2) is 17.0 Å². The molecule has 68 valence electrons. The van der Waals surface area contributed by atoms with Crippen molar-refractivity contribution in [3.05, 3.63) is 0 Å². The molecule has 0 heterocycles. The molecule has 0 bridgehead atoms. The van der Waals surface area contributed by atoms with Gasteiger partial charge in [0.2, 0.25) is 0 Å². The van der Waals surface area contributed by atoms with E-state index in [0.717, 1.165) is 12.8 Å². The summed E-state index contributed by atoms with van der Waals surface area (Å²) in [6.07, 6.45) is 9.29. The highest BCUT2D eigenvalue weighted by Crippen LogP contribution is 2.02. The van der Waals surface area contributed by atoms with Crippen LogP contribution in [0.4, 0.5) is 0 Å². The molecule has 0 aliphatic rings. The molecule has 0 saturated heterocycles. The highest BCUT2D eigenvalue weighted by atomic mass is 127. The maximum Gasteiger partial charge on any atom is 0.384 e. The molecule has 2 nitrogen and oxygen atoms in total. The largest absolute Gasteiger partial charge is 0.456 e. The summed E-state index contributed by atoms with van der Waals surface area (Å²) in [6, 6.07) is 0. The van der Waals surface area contributed by atoms with Gasteiger partial charge in [0.05, 0.1) is 6.61 Å². The van der Waals surface area contributed by atoms with Crippen molar-refractivity contribution in [3.8, 4) is 12.3 Å². The van der Waals surface area contributed by atoms with E-state index in [-0.39, 0.29) is 0 Å². The summed E-state index contributed by atoms with van der Waals surface area (Å²) in [4.78, 5) is 10.4. The highest BCUT2D eigenvalue weighted by Gasteiger charge is 1.94. The summed E-state index contributed by atoms with van der Waals surface area (Å²) >= 11 is 2.35. The van der Waals surface area contributed by atoms with Crippen LogP contribution in [-0.2, 0) is 9.53 Å². The van der Waals surface area contributed by atoms with Crippen LogP contribution in [0.3, 0.4) is 0 Å². The van der Waals surface area contributed by atoms with Gasteiger partial charge in [-0.1, -0.05) is 35.4 Å². The Labute approximate surface area is 87.2 Å². The standard InChI is InChI=1S/C9H13IO2/c1-2-9(11)12-8-6-4-3-5-7-10/h1H,3-8H2. The fourth-order valence-electron chi connectivity index (χ4n) is 0.757. The van der Waals surface area contributed by atoms with Crippen LogP contribution < -0.4 is 0 Å². The van der Waals surface area contributed by atoms with E-state index >= 15 is 0 Å². The van der Waals surface area contributed by atoms with Gasteiger partial charge in [-0.15, -0.1) is 6.42 Å². The summed E-state index contributed by atoms with van der Waals surface area (Å²) in [7, 11) is 0. The van der Waals surface area contributed by atoms with Crippen molar-refractivity contribution in [2.75, 3.05) is 11.0 Å². The molecule has 0 amide bonds. The van der Waals surface area contributed by atoms with Crippen LogP contribution >= 0.6 is 22.6 Å². The van der Waals surface area contributed by atoms with Crippen molar-refractivity contribution in [3.63, 3.8) is 0 Å². The predicted molar refractivity (Wildman–Crippen MR) is 57.1 cm³/mol. The van der Waals surface area contributed by atoms with Crippen LogP contribution in [0, 0.1) is 12.3 Å². The van der Waals surface area contributed by atoms with Crippen LogP contribution in [0.5, 0.6) is 0 Å². The average Bonchev–Trinajstić information content (AvgIpc) is 2.10. The number of esters is 1. The molecule has 12 heavy (non-hydrogen) atoms. The van der Waals surface area contributed by atoms with Crippen molar-refractivity contribution < 1.29 is 9.53 Å². The minimum absolute atomic E-state index is 0.463. The molecule has 0 atom stereocenters. The Balaban J connectivity index is 3.02. The van der Waals surface area contributed by atoms with Crippen molar-refractivity contribution in [1.82, 2.24) is 0 Å². The van der Waals surface area contributed by atoms with E-state index in [0.29, 0.717) is 6.61 Å². The number of unbranched alkanes of at least 4 members (excludes halogenated alkanes) is 3. The van der Waals surface area contributed by atoms with Gasteiger partial charge in [0.1, 0.15) is 0 Å². The minimum atomic E-state index is -0.552. The second-order valence-corrected chi connectivity index (χ2v) is 3.46. The Kier molecular flexibility index (Phi) is 8.68. The Hall–Kier alpha value is -0.240. The fourth-order valence-corrected chi connectivity index (χ4v) is 1.30. The summed E-state index contributed by atoms with van der Waals surface area (Å²) < 4.78 is 5.89. The number of carbonyl (C=O) groups is 1. The summed E-state index contributed by atoms with van der Waals surface area (Å²) in [5.41, 5.74) is 0. The Morgan fingerprint density at radius 2 is 2.00 bits per heavy atom. The SMILES string of the molecule is C#CC(=O)OCCCCCCI. The topological polar surface area (TPSA) is 26.3 Å². The first-order valence-corrected chi connectivity index (χ1v) is 5.53. The molecule has 0 rings (SSSR count). The van der Waals surface area contributed by atoms with E-state index in [1.54, 1.807) is 0 Å². The zero-order valence-electron chi connectivity index (χ0n) is 7.01. The molecular formula is C9H13IO2. The second-order valence-electron chi connectivity index (χ2n) is 2.38. The first kappa shape index (κ1) is 11.8. The van der Waals surface area contributed by atoms with Gasteiger partial charge in [-0.3, -0.25) is 0 Å². The normalized spacial score (nSPS) is 9.00. The first-order chi connectivity index (χ1) is 5.81. The van der Waals surface area contributed by atoms with Crippen molar-refractivity contribution >= 4 is 28.6 Å². The smallest absolute Gasteiger partial charge is 0.384 e. The monoisotopic (exact) mass is 280 g/mol. The number of terminal acetylenes is 1. The molecule has 0 fully saturated rings. The number of hydrogen-bond acceptors (Lipinski definition) is 2. The van der Waals surface area contributed by atoms with Gasteiger partial charge in [0.25, 0.3) is 0 Å². The Bertz CT molecular complexity index is 160. The highest BCUT2D eigenvalue weighted by molar-refractivity contribution is 14.1. The molecule has 0 aliphatic heterocycles. The van der Waals surface area contributed by atoms with Gasteiger partial charge in [0.15, 0.2) is 0 Å². The Morgan fingerprint density at radius 1 is 1.33 bits per heavy atom. The van der Waals surface area contributed by atoms with E-state index in [1.165, 1.54) is 17.3 Å². The number of alkyl halides is 1. The lowest BCUT2D eigenvalue weighted by molar-refractivity contribution is -0.136. The summed E-state index contributed by atoms with van der Waals surface area (Å²) in [5.74, 6) is 1.35. The zero-order valence-corrected chi connectivity index (χ0v) is 9.17. The van der Waals surface area contributed by atoms with Gasteiger partial charge < -0.3 is 4.74 Å². The number of carbonyl (C=O) groups excluding carboxylic acids is 1. The number of ether oxygens (including phenoxy) is 1. The van der Waals surface area contributed by atoms with Crippen molar-refractivity contribution in [2.24, 2.45) is 0 Å². The quantitative estimate of drug-likeness (QED) is 0.186. The van der Waals surface area contributed by atoms with Gasteiger partial charge in [-0.2, -0.15) is 0 Å². The zero-order chi connectivity index (χ0) is 9.23. The molecular weight excluding hydrogens is 267 g/mol. The van der Waals surface area contributed by atoms with E-state index < -0.39 is 5.97 Å². The lowest BCUT2D eigenvalue weighted by atomic mass is 10.2. The third-order valence-electron chi connectivity index (χ3n) is 1.38. The molecule has 0 radical (unpaired) electrons. The molecule has 0 saturated carbocycles. The fraction of sp³-hybridized carbons (Fsp3) is 0.667. The predicted octanol–water partition coefficient (Wildman–Crippen LogP) is 2.16. The van der Waals surface area contributed by atoms with Crippen LogP contribution in [0.2, 0.25) is 0 Å². The third-order valence-corrected chi connectivity index (χ3v) is 2.14. The molecule has 0 N–H and O–H groups in total. The molecule has 0 aromatic rings. The van der Waals surface area contributed by atoms with E-state index in [1.807, 2.05) is 5.92 Å².